The Morgan fingerprint density at radius 3 is 2.79 bits per heavy atom. The van der Waals surface area contributed by atoms with Crippen LogP contribution < -0.4 is 0 Å². The zero-order valence-electron chi connectivity index (χ0n) is 10.3. The van der Waals surface area contributed by atoms with E-state index in [1.54, 1.807) is 30.7 Å². The molecule has 0 aliphatic rings. The Labute approximate surface area is 109 Å². The minimum Gasteiger partial charge on any atom is -0.465 e. The van der Waals surface area contributed by atoms with Gasteiger partial charge in [-0.2, -0.15) is 0 Å². The number of ether oxygens (including phenoxy) is 1. The Morgan fingerprint density at radius 2 is 2.05 bits per heavy atom. The predicted octanol–water partition coefficient (Wildman–Crippen LogP) is 2.18. The molecule has 0 aliphatic heterocycles. The van der Waals surface area contributed by atoms with Gasteiger partial charge >= 0.3 is 5.97 Å². The van der Waals surface area contributed by atoms with Crippen LogP contribution >= 0.6 is 0 Å². The van der Waals surface area contributed by atoms with E-state index in [1.807, 2.05) is 22.7 Å². The second kappa shape index (κ2) is 4.53. The molecule has 0 aliphatic carbocycles. The molecule has 0 saturated heterocycles. The van der Waals surface area contributed by atoms with Crippen LogP contribution in [0.4, 0.5) is 0 Å². The third-order valence-corrected chi connectivity index (χ3v) is 2.91. The number of rotatable bonds is 2. The highest BCUT2D eigenvalue weighted by atomic mass is 16.5. The molecule has 5 nitrogen and oxygen atoms in total. The maximum absolute atomic E-state index is 11.7. The van der Waals surface area contributed by atoms with Crippen molar-refractivity contribution in [2.24, 2.45) is 0 Å². The van der Waals surface area contributed by atoms with Gasteiger partial charge in [-0.3, -0.25) is 9.38 Å². The molecule has 0 aromatic carbocycles. The first-order valence-electron chi connectivity index (χ1n) is 5.76. The highest BCUT2D eigenvalue weighted by molar-refractivity contribution is 5.97. The van der Waals surface area contributed by atoms with Crippen LogP contribution in [0.2, 0.25) is 0 Å². The molecule has 0 saturated carbocycles. The van der Waals surface area contributed by atoms with E-state index in [9.17, 15) is 4.79 Å². The van der Waals surface area contributed by atoms with E-state index in [0.717, 1.165) is 16.9 Å². The molecular weight excluding hydrogens is 242 g/mol. The average molecular weight is 253 g/mol. The lowest BCUT2D eigenvalue weighted by molar-refractivity contribution is 0.0602. The van der Waals surface area contributed by atoms with Crippen molar-refractivity contribution < 1.29 is 9.53 Å². The molecule has 3 aromatic heterocycles. The van der Waals surface area contributed by atoms with E-state index < -0.39 is 0 Å². The number of carbonyl (C=O) groups is 1. The standard InChI is InChI=1S/C14H11N3O2/c1-19-14(18)11-3-2-8-17-12(11)9-16-13(17)10-4-6-15-7-5-10/h2-9H,1H3. The van der Waals surface area contributed by atoms with Gasteiger partial charge in [0, 0.05) is 24.2 Å². The van der Waals surface area contributed by atoms with Crippen molar-refractivity contribution >= 4 is 11.5 Å². The van der Waals surface area contributed by atoms with Crippen LogP contribution in [0.1, 0.15) is 10.4 Å². The van der Waals surface area contributed by atoms with Gasteiger partial charge in [0.25, 0.3) is 0 Å². The van der Waals surface area contributed by atoms with Gasteiger partial charge in [-0.15, -0.1) is 0 Å². The minimum atomic E-state index is -0.369. The van der Waals surface area contributed by atoms with E-state index in [2.05, 4.69) is 9.97 Å². The van der Waals surface area contributed by atoms with Gasteiger partial charge in [-0.05, 0) is 24.3 Å². The normalized spacial score (nSPS) is 10.6. The smallest absolute Gasteiger partial charge is 0.340 e. The fourth-order valence-electron chi connectivity index (χ4n) is 2.02. The van der Waals surface area contributed by atoms with Gasteiger partial charge in [-0.1, -0.05) is 0 Å². The molecule has 0 N–H and O–H groups in total. The quantitative estimate of drug-likeness (QED) is 0.657. The summed E-state index contributed by atoms with van der Waals surface area (Å²) >= 11 is 0. The number of nitrogens with zero attached hydrogens (tertiary/aromatic N) is 3. The highest BCUT2D eigenvalue weighted by Crippen LogP contribution is 2.21. The van der Waals surface area contributed by atoms with Crippen LogP contribution in [0, 0.1) is 0 Å². The zero-order valence-corrected chi connectivity index (χ0v) is 10.3. The maximum atomic E-state index is 11.7. The molecule has 0 atom stereocenters. The van der Waals surface area contributed by atoms with Crippen molar-refractivity contribution in [3.05, 3.63) is 54.6 Å². The summed E-state index contributed by atoms with van der Waals surface area (Å²) < 4.78 is 6.63. The van der Waals surface area contributed by atoms with Gasteiger partial charge in [0.2, 0.25) is 0 Å². The molecule has 94 valence electrons. The van der Waals surface area contributed by atoms with Gasteiger partial charge in [0.1, 0.15) is 5.82 Å². The summed E-state index contributed by atoms with van der Waals surface area (Å²) in [5.41, 5.74) is 2.16. The number of imidazole rings is 1. The highest BCUT2D eigenvalue weighted by Gasteiger charge is 2.13. The number of methoxy groups -OCH3 is 1. The lowest BCUT2D eigenvalue weighted by Crippen LogP contribution is -2.03. The largest absolute Gasteiger partial charge is 0.465 e. The fraction of sp³-hybridized carbons (Fsp3) is 0.0714. The summed E-state index contributed by atoms with van der Waals surface area (Å²) in [5.74, 6) is 0.398. The third kappa shape index (κ3) is 1.85. The summed E-state index contributed by atoms with van der Waals surface area (Å²) in [5, 5.41) is 0. The monoisotopic (exact) mass is 253 g/mol. The van der Waals surface area contributed by atoms with Crippen molar-refractivity contribution in [1.82, 2.24) is 14.4 Å². The summed E-state index contributed by atoms with van der Waals surface area (Å²) in [7, 11) is 1.37. The summed E-state index contributed by atoms with van der Waals surface area (Å²) in [4.78, 5) is 20.1. The van der Waals surface area contributed by atoms with Crippen LogP contribution in [-0.4, -0.2) is 27.4 Å². The molecular formula is C14H11N3O2. The molecule has 3 aromatic rings. The Morgan fingerprint density at radius 1 is 1.26 bits per heavy atom. The topological polar surface area (TPSA) is 56.5 Å². The SMILES string of the molecule is COC(=O)c1cccn2c(-c3ccncc3)ncc12. The lowest BCUT2D eigenvalue weighted by atomic mass is 10.2. The van der Waals surface area contributed by atoms with Gasteiger partial charge in [0.05, 0.1) is 24.4 Å². The number of esters is 1. The number of hydrogen-bond donors (Lipinski definition) is 0. The number of carbonyl (C=O) groups excluding carboxylic acids is 1. The fourth-order valence-corrected chi connectivity index (χ4v) is 2.02. The lowest BCUT2D eigenvalue weighted by Gasteiger charge is -2.04. The van der Waals surface area contributed by atoms with Crippen LogP contribution in [-0.2, 0) is 4.74 Å². The molecule has 3 rings (SSSR count). The molecule has 0 radical (unpaired) electrons. The summed E-state index contributed by atoms with van der Waals surface area (Å²) in [6.45, 7) is 0. The molecule has 0 amide bonds. The van der Waals surface area contributed by atoms with Crippen molar-refractivity contribution in [2.45, 2.75) is 0 Å². The van der Waals surface area contributed by atoms with Gasteiger partial charge in [0.15, 0.2) is 0 Å². The summed E-state index contributed by atoms with van der Waals surface area (Å²) in [6.07, 6.45) is 6.95. The number of aromatic nitrogens is 3. The van der Waals surface area contributed by atoms with Crippen LogP contribution in [0.25, 0.3) is 16.9 Å². The molecule has 0 spiro atoms. The van der Waals surface area contributed by atoms with E-state index >= 15 is 0 Å². The maximum Gasteiger partial charge on any atom is 0.340 e. The van der Waals surface area contributed by atoms with E-state index in [1.165, 1.54) is 7.11 Å². The van der Waals surface area contributed by atoms with Crippen molar-refractivity contribution in [1.29, 1.82) is 0 Å². The van der Waals surface area contributed by atoms with Crippen LogP contribution in [0.15, 0.2) is 49.1 Å². The Bertz CT molecular complexity index is 735. The molecule has 0 bridgehead atoms. The van der Waals surface area contributed by atoms with E-state index in [4.69, 9.17) is 4.74 Å². The van der Waals surface area contributed by atoms with Gasteiger partial charge < -0.3 is 4.74 Å². The number of pyridine rings is 2. The minimum absolute atomic E-state index is 0.369. The second-order valence-electron chi connectivity index (χ2n) is 3.99. The second-order valence-corrected chi connectivity index (χ2v) is 3.99. The van der Waals surface area contributed by atoms with E-state index in [-0.39, 0.29) is 5.97 Å². The summed E-state index contributed by atoms with van der Waals surface area (Å²) in [6, 6.07) is 7.27. The first-order chi connectivity index (χ1) is 9.31. The van der Waals surface area contributed by atoms with Crippen LogP contribution in [0.3, 0.4) is 0 Å². The van der Waals surface area contributed by atoms with Crippen molar-refractivity contribution in [3.63, 3.8) is 0 Å². The Balaban J connectivity index is 2.23. The number of hydrogen-bond acceptors (Lipinski definition) is 4. The van der Waals surface area contributed by atoms with Gasteiger partial charge in [-0.25, -0.2) is 9.78 Å². The first-order valence-corrected chi connectivity index (χ1v) is 5.76. The molecule has 19 heavy (non-hydrogen) atoms. The first kappa shape index (κ1) is 11.4. The van der Waals surface area contributed by atoms with Crippen LogP contribution in [0.5, 0.6) is 0 Å². The van der Waals surface area contributed by atoms with E-state index in [0.29, 0.717) is 5.56 Å². The molecule has 5 heteroatoms. The third-order valence-electron chi connectivity index (χ3n) is 2.91. The molecule has 3 heterocycles. The predicted molar refractivity (Wildman–Crippen MR) is 69.8 cm³/mol. The zero-order chi connectivity index (χ0) is 13.2. The van der Waals surface area contributed by atoms with Crippen molar-refractivity contribution in [3.8, 4) is 11.4 Å². The average Bonchev–Trinajstić information content (AvgIpc) is 2.91. The molecule has 0 fully saturated rings. The molecule has 0 unspecified atom stereocenters. The van der Waals surface area contributed by atoms with Crippen molar-refractivity contribution in [2.75, 3.05) is 7.11 Å². The Hall–Kier alpha value is -2.69. The Kier molecular flexibility index (Phi) is 2.72. The number of fused-ring (bicyclic) bond motifs is 1.